The van der Waals surface area contributed by atoms with Crippen LogP contribution < -0.4 is 11.1 Å². The predicted molar refractivity (Wildman–Crippen MR) is 73.2 cm³/mol. The highest BCUT2D eigenvalue weighted by Gasteiger charge is 2.31. The van der Waals surface area contributed by atoms with Crippen molar-refractivity contribution in [3.8, 4) is 0 Å². The normalized spacial score (nSPS) is 22.3. The smallest absolute Gasteiger partial charge is 0.223 e. The number of carbonyl (C=O) groups is 1. The fourth-order valence-electron chi connectivity index (χ4n) is 2.29. The van der Waals surface area contributed by atoms with Crippen molar-refractivity contribution in [3.05, 3.63) is 35.4 Å². The molecule has 0 radical (unpaired) electrons. The van der Waals surface area contributed by atoms with Gasteiger partial charge in [-0.1, -0.05) is 31.2 Å². The average Bonchev–Trinajstić information content (AvgIpc) is 2.35. The predicted octanol–water partition coefficient (Wildman–Crippen LogP) is 1.64. The van der Waals surface area contributed by atoms with Crippen molar-refractivity contribution in [2.75, 3.05) is 6.54 Å². The summed E-state index contributed by atoms with van der Waals surface area (Å²) in [4.78, 5) is 11.7. The van der Waals surface area contributed by atoms with E-state index in [0.29, 0.717) is 0 Å². The van der Waals surface area contributed by atoms with Crippen LogP contribution in [0.15, 0.2) is 24.3 Å². The van der Waals surface area contributed by atoms with Crippen molar-refractivity contribution in [1.82, 2.24) is 5.32 Å². The van der Waals surface area contributed by atoms with E-state index in [9.17, 15) is 4.79 Å². The van der Waals surface area contributed by atoms with E-state index in [2.05, 4.69) is 36.5 Å². The highest BCUT2D eigenvalue weighted by Crippen LogP contribution is 2.25. The molecule has 18 heavy (non-hydrogen) atoms. The lowest BCUT2D eigenvalue weighted by Gasteiger charge is -2.31. The average molecular weight is 246 g/mol. The Hall–Kier alpha value is -1.35. The van der Waals surface area contributed by atoms with Gasteiger partial charge in [0.25, 0.3) is 0 Å². The number of carbonyl (C=O) groups excluding carboxylic acids is 1. The van der Waals surface area contributed by atoms with Crippen molar-refractivity contribution in [2.45, 2.75) is 38.6 Å². The minimum atomic E-state index is 0.155. The Morgan fingerprint density at radius 2 is 1.89 bits per heavy atom. The van der Waals surface area contributed by atoms with Crippen LogP contribution in [0, 0.1) is 5.92 Å². The first-order chi connectivity index (χ1) is 8.69. The zero-order valence-electron chi connectivity index (χ0n) is 11.0. The summed E-state index contributed by atoms with van der Waals surface area (Å²) in [6.07, 6.45) is 3.65. The molecule has 98 valence electrons. The van der Waals surface area contributed by atoms with Crippen LogP contribution in [0.1, 0.15) is 30.9 Å². The minimum Gasteiger partial charge on any atom is -0.356 e. The van der Waals surface area contributed by atoms with Crippen molar-refractivity contribution in [1.29, 1.82) is 0 Å². The molecule has 0 bridgehead atoms. The number of rotatable bonds is 5. The summed E-state index contributed by atoms with van der Waals surface area (Å²) >= 11 is 0. The molecule has 1 saturated carbocycles. The molecule has 0 spiro atoms. The van der Waals surface area contributed by atoms with Crippen molar-refractivity contribution < 1.29 is 4.79 Å². The van der Waals surface area contributed by atoms with Crippen molar-refractivity contribution in [2.24, 2.45) is 11.7 Å². The van der Waals surface area contributed by atoms with Crippen LogP contribution in [-0.4, -0.2) is 18.5 Å². The molecule has 1 aromatic carbocycles. The minimum absolute atomic E-state index is 0.155. The fraction of sp³-hybridized carbons (Fsp3) is 0.533. The second kappa shape index (κ2) is 6.01. The summed E-state index contributed by atoms with van der Waals surface area (Å²) in [5.74, 6) is 0.323. The fourth-order valence-corrected chi connectivity index (χ4v) is 2.29. The van der Waals surface area contributed by atoms with Gasteiger partial charge >= 0.3 is 0 Å². The van der Waals surface area contributed by atoms with E-state index in [4.69, 9.17) is 5.73 Å². The Morgan fingerprint density at radius 1 is 1.28 bits per heavy atom. The number of benzene rings is 1. The number of amides is 1. The van der Waals surface area contributed by atoms with Gasteiger partial charge < -0.3 is 11.1 Å². The van der Waals surface area contributed by atoms with E-state index in [0.717, 1.165) is 32.2 Å². The third-order valence-corrected chi connectivity index (χ3v) is 3.69. The first-order valence-corrected chi connectivity index (χ1v) is 6.80. The number of aryl methyl sites for hydroxylation is 1. The van der Waals surface area contributed by atoms with E-state index in [1.807, 2.05) is 0 Å². The van der Waals surface area contributed by atoms with Gasteiger partial charge in [0, 0.05) is 18.5 Å². The molecule has 2 rings (SSSR count). The van der Waals surface area contributed by atoms with Gasteiger partial charge in [-0.25, -0.2) is 0 Å². The van der Waals surface area contributed by atoms with Gasteiger partial charge in [-0.3, -0.25) is 4.79 Å². The standard InChI is InChI=1S/C15H22N2O/c1-2-11-3-5-12(6-4-11)7-8-17-15(18)13-9-14(16)10-13/h3-6,13-14H,2,7-10,16H2,1H3,(H,17,18). The second-order valence-electron chi connectivity index (χ2n) is 5.14. The molecule has 3 N–H and O–H groups in total. The molecule has 1 amide bonds. The van der Waals surface area contributed by atoms with Crippen LogP contribution in [-0.2, 0) is 17.6 Å². The number of hydrogen-bond donors (Lipinski definition) is 2. The van der Waals surface area contributed by atoms with Gasteiger partial charge in [-0.15, -0.1) is 0 Å². The molecular formula is C15H22N2O. The third-order valence-electron chi connectivity index (χ3n) is 3.69. The summed E-state index contributed by atoms with van der Waals surface area (Å²) in [6, 6.07) is 8.83. The highest BCUT2D eigenvalue weighted by molar-refractivity contribution is 5.79. The number of hydrogen-bond acceptors (Lipinski definition) is 2. The van der Waals surface area contributed by atoms with Gasteiger partial charge in [-0.2, -0.15) is 0 Å². The highest BCUT2D eigenvalue weighted by atomic mass is 16.1. The largest absolute Gasteiger partial charge is 0.356 e. The molecule has 0 heterocycles. The molecule has 3 nitrogen and oxygen atoms in total. The van der Waals surface area contributed by atoms with E-state index >= 15 is 0 Å². The molecule has 3 heteroatoms. The topological polar surface area (TPSA) is 55.1 Å². The van der Waals surface area contributed by atoms with E-state index < -0.39 is 0 Å². The summed E-state index contributed by atoms with van der Waals surface area (Å²) in [5, 5.41) is 2.99. The first-order valence-electron chi connectivity index (χ1n) is 6.80. The lowest BCUT2D eigenvalue weighted by Crippen LogP contribution is -2.45. The molecule has 0 saturated heterocycles. The summed E-state index contributed by atoms with van der Waals surface area (Å²) in [5.41, 5.74) is 8.30. The zero-order valence-corrected chi connectivity index (χ0v) is 11.0. The van der Waals surface area contributed by atoms with Crippen molar-refractivity contribution in [3.63, 3.8) is 0 Å². The maximum absolute atomic E-state index is 11.7. The lowest BCUT2D eigenvalue weighted by molar-refractivity contribution is -0.127. The van der Waals surface area contributed by atoms with Crippen LogP contribution >= 0.6 is 0 Å². The molecule has 1 aromatic rings. The molecule has 1 aliphatic rings. The second-order valence-corrected chi connectivity index (χ2v) is 5.14. The zero-order chi connectivity index (χ0) is 13.0. The SMILES string of the molecule is CCc1ccc(CCNC(=O)C2CC(N)C2)cc1. The van der Waals surface area contributed by atoms with E-state index in [1.165, 1.54) is 11.1 Å². The van der Waals surface area contributed by atoms with Crippen LogP contribution in [0.5, 0.6) is 0 Å². The van der Waals surface area contributed by atoms with Gasteiger partial charge in [0.05, 0.1) is 0 Å². The maximum Gasteiger partial charge on any atom is 0.223 e. The van der Waals surface area contributed by atoms with Crippen LogP contribution in [0.3, 0.4) is 0 Å². The Kier molecular flexibility index (Phi) is 4.37. The molecule has 1 aliphatic carbocycles. The van der Waals surface area contributed by atoms with Crippen molar-refractivity contribution >= 4 is 5.91 Å². The van der Waals surface area contributed by atoms with Gasteiger partial charge in [0.1, 0.15) is 0 Å². The Balaban J connectivity index is 1.69. The van der Waals surface area contributed by atoms with Gasteiger partial charge in [-0.05, 0) is 36.8 Å². The number of nitrogens with one attached hydrogen (secondary N) is 1. The van der Waals surface area contributed by atoms with E-state index in [1.54, 1.807) is 0 Å². The van der Waals surface area contributed by atoms with Gasteiger partial charge in [0.15, 0.2) is 0 Å². The quantitative estimate of drug-likeness (QED) is 0.830. The Labute approximate surface area is 109 Å². The third kappa shape index (κ3) is 3.33. The van der Waals surface area contributed by atoms with Crippen LogP contribution in [0.2, 0.25) is 0 Å². The first kappa shape index (κ1) is 13.1. The molecule has 0 aromatic heterocycles. The molecule has 0 atom stereocenters. The molecule has 0 aliphatic heterocycles. The summed E-state index contributed by atoms with van der Waals surface area (Å²) < 4.78 is 0. The lowest BCUT2D eigenvalue weighted by atomic mass is 9.80. The molecular weight excluding hydrogens is 224 g/mol. The van der Waals surface area contributed by atoms with E-state index in [-0.39, 0.29) is 17.9 Å². The summed E-state index contributed by atoms with van der Waals surface area (Å²) in [7, 11) is 0. The maximum atomic E-state index is 11.7. The monoisotopic (exact) mass is 246 g/mol. The molecule has 0 unspecified atom stereocenters. The van der Waals surface area contributed by atoms with Crippen LogP contribution in [0.25, 0.3) is 0 Å². The van der Waals surface area contributed by atoms with Gasteiger partial charge in [0.2, 0.25) is 5.91 Å². The number of nitrogens with two attached hydrogens (primary N) is 1. The Bertz CT molecular complexity index is 393. The molecule has 1 fully saturated rings. The summed E-state index contributed by atoms with van der Waals surface area (Å²) in [6.45, 7) is 2.87. The Morgan fingerprint density at radius 3 is 2.44 bits per heavy atom. The van der Waals surface area contributed by atoms with Crippen LogP contribution in [0.4, 0.5) is 0 Å².